The fourth-order valence-corrected chi connectivity index (χ4v) is 1.11. The second-order valence-corrected chi connectivity index (χ2v) is 3.42. The Labute approximate surface area is 109 Å². The number of rotatable bonds is 7. The van der Waals surface area contributed by atoms with Gasteiger partial charge in [0.1, 0.15) is 0 Å². The number of carboxylic acids is 1. The molecule has 0 aromatic heterocycles. The number of carboxylic acid groups (broad SMARTS) is 1. The zero-order valence-electron chi connectivity index (χ0n) is 9.92. The first-order valence-corrected chi connectivity index (χ1v) is 4.99. The molecule has 19 heavy (non-hydrogen) atoms. The molecule has 0 bridgehead atoms. The lowest BCUT2D eigenvalue weighted by Crippen LogP contribution is -2.44. The highest BCUT2D eigenvalue weighted by molar-refractivity contribution is 5.89. The number of hydrogen-bond acceptors (Lipinski definition) is 6. The highest BCUT2D eigenvalue weighted by atomic mass is 16.6. The molecule has 0 fully saturated rings. The topological polar surface area (TPSA) is 110 Å². The van der Waals surface area contributed by atoms with E-state index < -0.39 is 43.0 Å². The summed E-state index contributed by atoms with van der Waals surface area (Å²) in [7, 11) is 0. The molecule has 0 aliphatic rings. The van der Waals surface area contributed by atoms with E-state index in [2.05, 4.69) is 9.47 Å². The van der Waals surface area contributed by atoms with Crippen LogP contribution in [0.25, 0.3) is 0 Å². The summed E-state index contributed by atoms with van der Waals surface area (Å²) < 4.78 is 8.87. The van der Waals surface area contributed by atoms with Gasteiger partial charge >= 0.3 is 17.9 Å². The number of carbonyl (C=O) groups excluding carboxylic acids is 2. The molecule has 2 N–H and O–H groups in total. The predicted molar refractivity (Wildman–Crippen MR) is 61.4 cm³/mol. The molecule has 0 radical (unpaired) electrons. The summed E-state index contributed by atoms with van der Waals surface area (Å²) in [6, 6.07) is 0. The molecule has 1 atom stereocenters. The van der Waals surface area contributed by atoms with E-state index in [0.29, 0.717) is 0 Å². The van der Waals surface area contributed by atoms with Crippen LogP contribution in [-0.2, 0) is 23.9 Å². The minimum Gasteiger partial charge on any atom is -0.481 e. The van der Waals surface area contributed by atoms with Crippen molar-refractivity contribution in [2.45, 2.75) is 18.4 Å². The van der Waals surface area contributed by atoms with Gasteiger partial charge in [-0.2, -0.15) is 0 Å². The van der Waals surface area contributed by atoms with Gasteiger partial charge in [0, 0.05) is 0 Å². The van der Waals surface area contributed by atoms with Gasteiger partial charge in [-0.25, -0.2) is 4.79 Å². The maximum Gasteiger partial charge on any atom is 0.340 e. The fraction of sp³-hybridized carbons (Fsp3) is 0.417. The molecular formula is C12H12O7. The summed E-state index contributed by atoms with van der Waals surface area (Å²) in [6.45, 7) is -0.818. The Morgan fingerprint density at radius 3 is 2.05 bits per heavy atom. The van der Waals surface area contributed by atoms with E-state index in [4.69, 9.17) is 18.0 Å². The van der Waals surface area contributed by atoms with Crippen LogP contribution >= 0.6 is 0 Å². The van der Waals surface area contributed by atoms with Crippen molar-refractivity contribution < 1.29 is 34.1 Å². The predicted octanol–water partition coefficient (Wildman–Crippen LogP) is -1.06. The van der Waals surface area contributed by atoms with Gasteiger partial charge in [-0.15, -0.1) is 12.8 Å². The van der Waals surface area contributed by atoms with Crippen LogP contribution in [0, 0.1) is 24.7 Å². The van der Waals surface area contributed by atoms with Gasteiger partial charge in [-0.3, -0.25) is 9.59 Å². The third kappa shape index (κ3) is 6.10. The van der Waals surface area contributed by atoms with Crippen molar-refractivity contribution in [3.63, 3.8) is 0 Å². The van der Waals surface area contributed by atoms with E-state index in [1.54, 1.807) is 0 Å². The molecule has 0 aromatic carbocycles. The Bertz CT molecular complexity index is 440. The minimum absolute atomic E-state index is 0.360. The zero-order valence-corrected chi connectivity index (χ0v) is 9.92. The largest absolute Gasteiger partial charge is 0.481 e. The normalized spacial score (nSPS) is 12.4. The number of aliphatic hydroxyl groups is 1. The summed E-state index contributed by atoms with van der Waals surface area (Å²) in [5.74, 6) is 0.134. The van der Waals surface area contributed by atoms with Crippen molar-refractivity contribution in [1.29, 1.82) is 0 Å². The molecule has 102 valence electrons. The third-order valence-corrected chi connectivity index (χ3v) is 1.86. The Balaban J connectivity index is 4.82. The van der Waals surface area contributed by atoms with Crippen LogP contribution in [0.5, 0.6) is 0 Å². The van der Waals surface area contributed by atoms with E-state index >= 15 is 0 Å². The molecule has 1 unspecified atom stereocenters. The maximum atomic E-state index is 11.5. The van der Waals surface area contributed by atoms with Crippen LogP contribution in [0.4, 0.5) is 0 Å². The van der Waals surface area contributed by atoms with Crippen molar-refractivity contribution >= 4 is 17.9 Å². The highest BCUT2D eigenvalue weighted by Crippen LogP contribution is 2.18. The van der Waals surface area contributed by atoms with Crippen molar-refractivity contribution in [1.82, 2.24) is 0 Å². The number of ether oxygens (including phenoxy) is 2. The number of terminal acetylenes is 2. The van der Waals surface area contributed by atoms with Gasteiger partial charge in [0.05, 0.1) is 12.8 Å². The quantitative estimate of drug-likeness (QED) is 0.447. The molecule has 0 aliphatic carbocycles. The standard InChI is InChI=1S/C12H12O7/c1-3-5-18-10(15)8-12(17,7-9(13)14)11(16)19-6-4-2/h1-2,17H,5-8H2,(H,13,14). The first kappa shape index (κ1) is 16.5. The molecular weight excluding hydrogens is 256 g/mol. The zero-order chi connectivity index (χ0) is 14.9. The summed E-state index contributed by atoms with van der Waals surface area (Å²) in [4.78, 5) is 33.3. The molecule has 0 aromatic rings. The molecule has 0 spiro atoms. The summed E-state index contributed by atoms with van der Waals surface area (Å²) in [5.41, 5.74) is -2.55. The van der Waals surface area contributed by atoms with E-state index in [-0.39, 0.29) is 6.61 Å². The lowest BCUT2D eigenvalue weighted by molar-refractivity contribution is -0.175. The van der Waals surface area contributed by atoms with E-state index in [9.17, 15) is 19.5 Å². The van der Waals surface area contributed by atoms with Crippen molar-refractivity contribution in [2.75, 3.05) is 13.2 Å². The molecule has 0 saturated carbocycles. The second-order valence-electron chi connectivity index (χ2n) is 3.42. The first-order chi connectivity index (χ1) is 8.85. The number of esters is 2. The number of hydrogen-bond donors (Lipinski definition) is 2. The first-order valence-electron chi connectivity index (χ1n) is 4.99. The summed E-state index contributed by atoms with van der Waals surface area (Å²) >= 11 is 0. The SMILES string of the molecule is C#CCOC(=O)CC(O)(CC(=O)O)C(=O)OCC#C. The van der Waals surface area contributed by atoms with Gasteiger partial charge in [-0.05, 0) is 0 Å². The van der Waals surface area contributed by atoms with Crippen LogP contribution in [0.1, 0.15) is 12.8 Å². The highest BCUT2D eigenvalue weighted by Gasteiger charge is 2.42. The number of aliphatic carboxylic acids is 1. The minimum atomic E-state index is -2.55. The van der Waals surface area contributed by atoms with Crippen LogP contribution in [-0.4, -0.2) is 46.9 Å². The number of carbonyl (C=O) groups is 3. The van der Waals surface area contributed by atoms with Crippen LogP contribution in [0.2, 0.25) is 0 Å². The molecule has 0 aliphatic heterocycles. The van der Waals surface area contributed by atoms with Gasteiger partial charge in [0.25, 0.3) is 0 Å². The third-order valence-electron chi connectivity index (χ3n) is 1.86. The lowest BCUT2D eigenvalue weighted by atomic mass is 9.96. The molecule has 0 amide bonds. The van der Waals surface area contributed by atoms with E-state index in [0.717, 1.165) is 0 Å². The van der Waals surface area contributed by atoms with Crippen molar-refractivity contribution in [3.8, 4) is 24.7 Å². The van der Waals surface area contributed by atoms with Gasteiger partial charge in [0.2, 0.25) is 0 Å². The molecule has 0 rings (SSSR count). The Kier molecular flexibility index (Phi) is 6.72. The lowest BCUT2D eigenvalue weighted by Gasteiger charge is -2.22. The van der Waals surface area contributed by atoms with Crippen LogP contribution in [0.3, 0.4) is 0 Å². The summed E-state index contributed by atoms with van der Waals surface area (Å²) in [5, 5.41) is 18.5. The second kappa shape index (κ2) is 7.75. The Morgan fingerprint density at radius 2 is 1.58 bits per heavy atom. The maximum absolute atomic E-state index is 11.5. The van der Waals surface area contributed by atoms with Gasteiger partial charge in [0.15, 0.2) is 18.8 Å². The van der Waals surface area contributed by atoms with Crippen LogP contribution < -0.4 is 0 Å². The van der Waals surface area contributed by atoms with Gasteiger partial charge < -0.3 is 19.7 Å². The van der Waals surface area contributed by atoms with Crippen molar-refractivity contribution in [2.24, 2.45) is 0 Å². The van der Waals surface area contributed by atoms with E-state index in [1.807, 2.05) is 11.8 Å². The van der Waals surface area contributed by atoms with Crippen molar-refractivity contribution in [3.05, 3.63) is 0 Å². The Morgan fingerprint density at radius 1 is 1.05 bits per heavy atom. The van der Waals surface area contributed by atoms with E-state index in [1.165, 1.54) is 0 Å². The summed E-state index contributed by atoms with van der Waals surface area (Å²) in [6.07, 6.45) is 7.77. The fourth-order valence-electron chi connectivity index (χ4n) is 1.11. The molecule has 0 heterocycles. The Hall–Kier alpha value is -2.51. The monoisotopic (exact) mass is 268 g/mol. The average Bonchev–Trinajstić information content (AvgIpc) is 2.32. The van der Waals surface area contributed by atoms with Gasteiger partial charge in [-0.1, -0.05) is 11.8 Å². The molecule has 7 nitrogen and oxygen atoms in total. The average molecular weight is 268 g/mol. The smallest absolute Gasteiger partial charge is 0.340 e. The van der Waals surface area contributed by atoms with Crippen LogP contribution in [0.15, 0.2) is 0 Å². The molecule has 7 heteroatoms. The molecule has 0 saturated heterocycles.